The lowest BCUT2D eigenvalue weighted by molar-refractivity contribution is 0.310. The molecule has 6 heteroatoms. The number of hydrogen-bond acceptors (Lipinski definition) is 4. The molecule has 0 unspecified atom stereocenters. The van der Waals surface area contributed by atoms with Gasteiger partial charge in [-0.1, -0.05) is 26.0 Å². The summed E-state index contributed by atoms with van der Waals surface area (Å²) in [5.41, 5.74) is 2.00. The van der Waals surface area contributed by atoms with Gasteiger partial charge in [-0.15, -0.1) is 0 Å². The van der Waals surface area contributed by atoms with Crippen LogP contribution in [0.5, 0.6) is 0 Å². The van der Waals surface area contributed by atoms with Crippen LogP contribution in [0.15, 0.2) is 35.2 Å². The molecule has 0 aromatic heterocycles. The summed E-state index contributed by atoms with van der Waals surface area (Å²) in [6.45, 7) is 10.0. The van der Waals surface area contributed by atoms with E-state index in [0.717, 1.165) is 67.7 Å². The molecule has 0 atom stereocenters. The molecule has 2 heterocycles. The van der Waals surface area contributed by atoms with E-state index in [2.05, 4.69) is 28.9 Å². The number of rotatable bonds is 4. The normalized spacial score (nSPS) is 19.9. The Morgan fingerprint density at radius 1 is 0.962 bits per heavy atom. The van der Waals surface area contributed by atoms with Crippen LogP contribution < -0.4 is 9.21 Å². The highest BCUT2D eigenvalue weighted by Gasteiger charge is 2.36. The van der Waals surface area contributed by atoms with Crippen LogP contribution in [0.1, 0.15) is 26.7 Å². The molecule has 0 radical (unpaired) electrons. The predicted molar refractivity (Wildman–Crippen MR) is 108 cm³/mol. The lowest BCUT2D eigenvalue weighted by Crippen LogP contribution is -2.30. The predicted octanol–water partition coefficient (Wildman–Crippen LogP) is 3.29. The monoisotopic (exact) mass is 373 g/mol. The van der Waals surface area contributed by atoms with Crippen LogP contribution in [0.4, 0.5) is 11.4 Å². The molecule has 0 bridgehead atoms. The summed E-state index contributed by atoms with van der Waals surface area (Å²) in [7, 11) is -3.42. The molecular weight excluding hydrogens is 346 g/mol. The van der Waals surface area contributed by atoms with E-state index in [0.29, 0.717) is 11.4 Å². The molecular formula is C20H27N3O2S. The maximum absolute atomic E-state index is 13.0. The van der Waals surface area contributed by atoms with Crippen molar-refractivity contribution in [3.8, 4) is 0 Å². The molecule has 5 nitrogen and oxygen atoms in total. The van der Waals surface area contributed by atoms with Gasteiger partial charge >= 0.3 is 0 Å². The zero-order chi connectivity index (χ0) is 18.3. The van der Waals surface area contributed by atoms with Gasteiger partial charge in [-0.05, 0) is 44.1 Å². The Morgan fingerprint density at radius 2 is 1.77 bits per heavy atom. The van der Waals surface area contributed by atoms with Crippen molar-refractivity contribution in [3.05, 3.63) is 30.3 Å². The van der Waals surface area contributed by atoms with Crippen molar-refractivity contribution in [1.82, 2.24) is 4.90 Å². The van der Waals surface area contributed by atoms with Gasteiger partial charge in [-0.25, -0.2) is 8.42 Å². The summed E-state index contributed by atoms with van der Waals surface area (Å²) in [6.07, 6.45) is 1.94. The van der Waals surface area contributed by atoms with Gasteiger partial charge in [0.15, 0.2) is 0 Å². The summed E-state index contributed by atoms with van der Waals surface area (Å²) >= 11 is 0. The van der Waals surface area contributed by atoms with E-state index in [4.69, 9.17) is 0 Å². The fourth-order valence-electron chi connectivity index (χ4n) is 4.26. The number of nitrogens with zero attached hydrogens (tertiary/aromatic N) is 3. The van der Waals surface area contributed by atoms with Crippen molar-refractivity contribution in [2.75, 3.05) is 48.5 Å². The number of benzene rings is 2. The van der Waals surface area contributed by atoms with Gasteiger partial charge in [0.2, 0.25) is 0 Å². The third-order valence-corrected chi connectivity index (χ3v) is 7.45. The average Bonchev–Trinajstić information content (AvgIpc) is 2.81. The largest absolute Gasteiger partial charge is 0.370 e. The Bertz CT molecular complexity index is 926. The molecule has 0 spiro atoms. The Labute approximate surface area is 156 Å². The first-order valence-electron chi connectivity index (χ1n) is 9.63. The van der Waals surface area contributed by atoms with E-state index in [-0.39, 0.29) is 0 Å². The van der Waals surface area contributed by atoms with Crippen LogP contribution in [0.3, 0.4) is 0 Å². The lowest BCUT2D eigenvalue weighted by atomic mass is 10.1. The molecule has 0 N–H and O–H groups in total. The summed E-state index contributed by atoms with van der Waals surface area (Å²) in [4.78, 5) is 5.37. The van der Waals surface area contributed by atoms with Crippen molar-refractivity contribution < 1.29 is 8.42 Å². The summed E-state index contributed by atoms with van der Waals surface area (Å²) in [5, 5.41) is 1.96. The minimum absolute atomic E-state index is 0.463. The molecule has 2 aromatic rings. The zero-order valence-electron chi connectivity index (χ0n) is 15.6. The average molecular weight is 374 g/mol. The Balaban J connectivity index is 1.82. The van der Waals surface area contributed by atoms with Crippen molar-refractivity contribution in [2.45, 2.75) is 31.6 Å². The first-order chi connectivity index (χ1) is 12.6. The first kappa shape index (κ1) is 17.6. The number of hydrogen-bond donors (Lipinski definition) is 0. The van der Waals surface area contributed by atoms with Crippen LogP contribution in [0.2, 0.25) is 0 Å². The van der Waals surface area contributed by atoms with Gasteiger partial charge in [0.1, 0.15) is 0 Å². The maximum atomic E-state index is 13.0. The van der Waals surface area contributed by atoms with Gasteiger partial charge in [-0.2, -0.15) is 0 Å². The first-order valence-corrected chi connectivity index (χ1v) is 11.1. The Hall–Kier alpha value is -1.79. The third kappa shape index (κ3) is 2.67. The fourth-order valence-corrected chi connectivity index (χ4v) is 6.05. The molecule has 4 rings (SSSR count). The molecule has 0 saturated carbocycles. The van der Waals surface area contributed by atoms with Crippen LogP contribution in [0, 0.1) is 0 Å². The molecule has 26 heavy (non-hydrogen) atoms. The van der Waals surface area contributed by atoms with E-state index in [9.17, 15) is 8.42 Å². The van der Waals surface area contributed by atoms with Crippen LogP contribution in [-0.4, -0.2) is 52.6 Å². The zero-order valence-corrected chi connectivity index (χ0v) is 16.4. The fraction of sp³-hybridized carbons (Fsp3) is 0.500. The SMILES string of the molecule is CCCN1c2ccc(N3CCCN(CC)CC3)c3cccc(c23)S1(=O)=O. The van der Waals surface area contributed by atoms with E-state index < -0.39 is 10.0 Å². The second-order valence-electron chi connectivity index (χ2n) is 7.13. The topological polar surface area (TPSA) is 43.9 Å². The van der Waals surface area contributed by atoms with Crippen molar-refractivity contribution in [3.63, 3.8) is 0 Å². The van der Waals surface area contributed by atoms with E-state index >= 15 is 0 Å². The van der Waals surface area contributed by atoms with Crippen molar-refractivity contribution in [2.24, 2.45) is 0 Å². The Kier molecular flexibility index (Phi) is 4.57. The van der Waals surface area contributed by atoms with E-state index in [1.165, 1.54) is 0 Å². The second-order valence-corrected chi connectivity index (χ2v) is 8.97. The molecule has 2 aliphatic rings. The minimum Gasteiger partial charge on any atom is -0.370 e. The molecule has 140 valence electrons. The minimum atomic E-state index is -3.42. The smallest absolute Gasteiger partial charge is 0.265 e. The summed E-state index contributed by atoms with van der Waals surface area (Å²) in [6, 6.07) is 9.83. The lowest BCUT2D eigenvalue weighted by Gasteiger charge is -2.25. The molecule has 0 aliphatic carbocycles. The van der Waals surface area contributed by atoms with Gasteiger partial charge in [0.05, 0.1) is 10.6 Å². The van der Waals surface area contributed by atoms with Crippen LogP contribution >= 0.6 is 0 Å². The van der Waals surface area contributed by atoms with Gasteiger partial charge < -0.3 is 9.80 Å². The van der Waals surface area contributed by atoms with Gasteiger partial charge in [0.25, 0.3) is 10.0 Å². The van der Waals surface area contributed by atoms with Crippen LogP contribution in [0.25, 0.3) is 10.8 Å². The maximum Gasteiger partial charge on any atom is 0.265 e. The van der Waals surface area contributed by atoms with Gasteiger partial charge in [-0.3, -0.25) is 4.31 Å². The van der Waals surface area contributed by atoms with Gasteiger partial charge in [0, 0.05) is 42.6 Å². The van der Waals surface area contributed by atoms with E-state index in [1.807, 2.05) is 19.1 Å². The third-order valence-electron chi connectivity index (χ3n) is 5.60. The van der Waals surface area contributed by atoms with E-state index in [1.54, 1.807) is 10.4 Å². The molecule has 2 aliphatic heterocycles. The summed E-state index contributed by atoms with van der Waals surface area (Å²) in [5.74, 6) is 0. The molecule has 1 fully saturated rings. The standard InChI is InChI=1S/C20H27N3O2S/c1-3-11-23-18-10-9-17(22-13-6-12-21(4-2)14-15-22)16-7-5-8-19(20(16)18)26(23,24)25/h5,7-10H,3-4,6,11-15H2,1-2H3. The van der Waals surface area contributed by atoms with Crippen LogP contribution in [-0.2, 0) is 10.0 Å². The number of sulfonamides is 1. The van der Waals surface area contributed by atoms with Crippen molar-refractivity contribution in [1.29, 1.82) is 0 Å². The highest BCUT2D eigenvalue weighted by molar-refractivity contribution is 7.93. The number of likely N-dealkylation sites (N-methyl/N-ethyl adjacent to an activating group) is 1. The quantitative estimate of drug-likeness (QED) is 0.825. The van der Waals surface area contributed by atoms with Crippen molar-refractivity contribution >= 4 is 32.2 Å². The highest BCUT2D eigenvalue weighted by Crippen LogP contribution is 2.45. The second kappa shape index (κ2) is 6.74. The molecule has 0 amide bonds. The number of anilines is 2. The Morgan fingerprint density at radius 3 is 2.54 bits per heavy atom. The molecule has 2 aromatic carbocycles. The molecule has 1 saturated heterocycles. The summed E-state index contributed by atoms with van der Waals surface area (Å²) < 4.78 is 27.5. The highest BCUT2D eigenvalue weighted by atomic mass is 32.2.